The molecule has 7 nitrogen and oxygen atoms in total. The second-order valence-electron chi connectivity index (χ2n) is 8.11. The predicted octanol–water partition coefficient (Wildman–Crippen LogP) is 3.94. The standard InChI is InChI=1S/C22H26FN3O4S/c1-25(2)14-19-18-12-15(17-9-8-16(23)13-21(17)30-31(3,27)28)7-10-20(18)26(24-19)22-6-4-5-11-29-22/h7-10,12-13,22H,4-6,11,14H2,1-3H3. The average Bonchev–Trinajstić information content (AvgIpc) is 3.05. The Morgan fingerprint density at radius 1 is 1.23 bits per heavy atom. The maximum Gasteiger partial charge on any atom is 0.306 e. The number of hydrogen-bond acceptors (Lipinski definition) is 6. The molecule has 0 aliphatic carbocycles. The Balaban J connectivity index is 1.84. The van der Waals surface area contributed by atoms with Crippen molar-refractivity contribution in [3.8, 4) is 16.9 Å². The fourth-order valence-corrected chi connectivity index (χ4v) is 4.36. The Kier molecular flexibility index (Phi) is 6.00. The Morgan fingerprint density at radius 3 is 2.71 bits per heavy atom. The molecule has 2 heterocycles. The van der Waals surface area contributed by atoms with E-state index in [-0.39, 0.29) is 12.0 Å². The van der Waals surface area contributed by atoms with Gasteiger partial charge in [-0.05, 0) is 63.2 Å². The van der Waals surface area contributed by atoms with Crippen LogP contribution in [0.1, 0.15) is 31.2 Å². The van der Waals surface area contributed by atoms with E-state index in [2.05, 4.69) is 0 Å². The van der Waals surface area contributed by atoms with E-state index in [1.165, 1.54) is 12.1 Å². The van der Waals surface area contributed by atoms with Crippen LogP contribution >= 0.6 is 0 Å². The Labute approximate surface area is 181 Å². The van der Waals surface area contributed by atoms with E-state index in [0.29, 0.717) is 12.1 Å². The van der Waals surface area contributed by atoms with Crippen LogP contribution in [0.15, 0.2) is 36.4 Å². The summed E-state index contributed by atoms with van der Waals surface area (Å²) in [5.41, 5.74) is 3.05. The van der Waals surface area contributed by atoms with Crippen LogP contribution < -0.4 is 4.18 Å². The van der Waals surface area contributed by atoms with Crippen molar-refractivity contribution in [1.29, 1.82) is 0 Å². The number of rotatable bonds is 6. The summed E-state index contributed by atoms with van der Waals surface area (Å²) in [7, 11) is 0.144. The van der Waals surface area contributed by atoms with E-state index < -0.39 is 15.9 Å². The summed E-state index contributed by atoms with van der Waals surface area (Å²) in [5, 5.41) is 5.79. The Morgan fingerprint density at radius 2 is 2.03 bits per heavy atom. The minimum absolute atomic E-state index is 0.0426. The molecule has 166 valence electrons. The highest BCUT2D eigenvalue weighted by Gasteiger charge is 2.22. The van der Waals surface area contributed by atoms with Gasteiger partial charge in [-0.1, -0.05) is 6.07 Å². The molecule has 3 aromatic rings. The van der Waals surface area contributed by atoms with E-state index in [0.717, 1.165) is 60.4 Å². The zero-order valence-corrected chi connectivity index (χ0v) is 18.7. The van der Waals surface area contributed by atoms with Crippen molar-refractivity contribution in [1.82, 2.24) is 14.7 Å². The van der Waals surface area contributed by atoms with Crippen molar-refractivity contribution in [2.75, 3.05) is 27.0 Å². The van der Waals surface area contributed by atoms with Crippen molar-refractivity contribution in [2.24, 2.45) is 0 Å². The number of fused-ring (bicyclic) bond motifs is 1. The minimum Gasteiger partial charge on any atom is -0.382 e. The van der Waals surface area contributed by atoms with Gasteiger partial charge in [0.15, 0.2) is 12.0 Å². The second-order valence-corrected chi connectivity index (χ2v) is 9.69. The Bertz CT molecular complexity index is 1200. The summed E-state index contributed by atoms with van der Waals surface area (Å²) in [6, 6.07) is 9.66. The molecular weight excluding hydrogens is 421 g/mol. The zero-order valence-electron chi connectivity index (χ0n) is 17.8. The van der Waals surface area contributed by atoms with Gasteiger partial charge in [0, 0.05) is 30.2 Å². The highest BCUT2D eigenvalue weighted by Crippen LogP contribution is 2.36. The third kappa shape index (κ3) is 4.89. The van der Waals surface area contributed by atoms with Gasteiger partial charge in [-0.2, -0.15) is 13.5 Å². The van der Waals surface area contributed by atoms with Crippen molar-refractivity contribution >= 4 is 21.0 Å². The molecule has 0 N–H and O–H groups in total. The van der Waals surface area contributed by atoms with E-state index in [1.807, 2.05) is 41.9 Å². The number of nitrogens with zero attached hydrogens (tertiary/aromatic N) is 3. The molecule has 1 aliphatic rings. The van der Waals surface area contributed by atoms with Crippen LogP contribution in [0.5, 0.6) is 5.75 Å². The lowest BCUT2D eigenvalue weighted by molar-refractivity contribution is -0.0369. The third-order valence-electron chi connectivity index (χ3n) is 5.17. The molecule has 0 spiro atoms. The van der Waals surface area contributed by atoms with Gasteiger partial charge in [0.05, 0.1) is 17.5 Å². The lowest BCUT2D eigenvalue weighted by Gasteiger charge is -2.23. The van der Waals surface area contributed by atoms with E-state index in [9.17, 15) is 12.8 Å². The molecule has 0 bridgehead atoms. The van der Waals surface area contributed by atoms with E-state index >= 15 is 0 Å². The molecule has 4 rings (SSSR count). The topological polar surface area (TPSA) is 73.7 Å². The van der Waals surface area contributed by atoms with E-state index in [4.69, 9.17) is 14.0 Å². The van der Waals surface area contributed by atoms with Gasteiger partial charge >= 0.3 is 10.1 Å². The van der Waals surface area contributed by atoms with Crippen LogP contribution in [-0.2, 0) is 21.4 Å². The summed E-state index contributed by atoms with van der Waals surface area (Å²) in [5.74, 6) is -0.613. The molecular formula is C22H26FN3O4S. The van der Waals surface area contributed by atoms with Crippen LogP contribution in [0.2, 0.25) is 0 Å². The van der Waals surface area contributed by atoms with Crippen LogP contribution in [0.3, 0.4) is 0 Å². The molecule has 1 saturated heterocycles. The molecule has 31 heavy (non-hydrogen) atoms. The second kappa shape index (κ2) is 8.57. The fraction of sp³-hybridized carbons (Fsp3) is 0.409. The quantitative estimate of drug-likeness (QED) is 0.533. The van der Waals surface area contributed by atoms with Gasteiger partial charge in [-0.3, -0.25) is 0 Å². The first kappa shape index (κ1) is 21.7. The van der Waals surface area contributed by atoms with Gasteiger partial charge < -0.3 is 13.8 Å². The monoisotopic (exact) mass is 447 g/mol. The van der Waals surface area contributed by atoms with Gasteiger partial charge in [0.1, 0.15) is 5.82 Å². The SMILES string of the molecule is CN(C)Cc1nn(C2CCCCO2)c2ccc(-c3ccc(F)cc3OS(C)(=O)=O)cc12. The molecule has 1 fully saturated rings. The van der Waals surface area contributed by atoms with Crippen LogP contribution in [0, 0.1) is 5.82 Å². The number of aromatic nitrogens is 2. The Hall–Kier alpha value is -2.49. The number of halogens is 1. The summed E-state index contributed by atoms with van der Waals surface area (Å²) in [6.45, 7) is 1.35. The number of hydrogen-bond donors (Lipinski definition) is 0. The van der Waals surface area contributed by atoms with Crippen LogP contribution in [-0.4, -0.2) is 50.1 Å². The highest BCUT2D eigenvalue weighted by atomic mass is 32.2. The smallest absolute Gasteiger partial charge is 0.306 e. The third-order valence-corrected chi connectivity index (χ3v) is 5.66. The first-order valence-corrected chi connectivity index (χ1v) is 12.0. The normalized spacial score (nSPS) is 17.4. The van der Waals surface area contributed by atoms with Gasteiger partial charge in [0.25, 0.3) is 0 Å². The molecule has 9 heteroatoms. The summed E-state index contributed by atoms with van der Waals surface area (Å²) < 4.78 is 50.1. The van der Waals surface area contributed by atoms with Gasteiger partial charge in [-0.15, -0.1) is 0 Å². The first-order valence-electron chi connectivity index (χ1n) is 10.2. The maximum absolute atomic E-state index is 13.8. The lowest BCUT2D eigenvalue weighted by Crippen LogP contribution is -2.19. The van der Waals surface area contributed by atoms with Crippen molar-refractivity contribution in [3.05, 3.63) is 47.9 Å². The maximum atomic E-state index is 13.8. The first-order chi connectivity index (χ1) is 14.7. The largest absolute Gasteiger partial charge is 0.382 e. The molecule has 1 unspecified atom stereocenters. The average molecular weight is 448 g/mol. The van der Waals surface area contributed by atoms with E-state index in [1.54, 1.807) is 0 Å². The zero-order chi connectivity index (χ0) is 22.2. The fourth-order valence-electron chi connectivity index (χ4n) is 3.89. The number of benzene rings is 2. The molecule has 0 radical (unpaired) electrons. The minimum atomic E-state index is -3.81. The lowest BCUT2D eigenvalue weighted by atomic mass is 10.0. The van der Waals surface area contributed by atoms with Crippen molar-refractivity contribution < 1.29 is 21.7 Å². The molecule has 2 aromatic carbocycles. The summed E-state index contributed by atoms with van der Waals surface area (Å²) in [4.78, 5) is 2.04. The molecule has 1 aromatic heterocycles. The summed E-state index contributed by atoms with van der Waals surface area (Å²) in [6.07, 6.45) is 3.89. The molecule has 1 atom stereocenters. The summed E-state index contributed by atoms with van der Waals surface area (Å²) >= 11 is 0. The molecule has 1 aliphatic heterocycles. The van der Waals surface area contributed by atoms with Gasteiger partial charge in [0.2, 0.25) is 0 Å². The predicted molar refractivity (Wildman–Crippen MR) is 117 cm³/mol. The molecule has 0 saturated carbocycles. The van der Waals surface area contributed by atoms with Gasteiger partial charge in [-0.25, -0.2) is 9.07 Å². The number of ether oxygens (including phenoxy) is 1. The highest BCUT2D eigenvalue weighted by molar-refractivity contribution is 7.86. The van der Waals surface area contributed by atoms with Crippen LogP contribution in [0.25, 0.3) is 22.0 Å². The molecule has 0 amide bonds. The van der Waals surface area contributed by atoms with Crippen molar-refractivity contribution in [2.45, 2.75) is 32.0 Å². The van der Waals surface area contributed by atoms with Crippen molar-refractivity contribution in [3.63, 3.8) is 0 Å². The van der Waals surface area contributed by atoms with Crippen LogP contribution in [0.4, 0.5) is 4.39 Å².